The van der Waals surface area contributed by atoms with Crippen molar-refractivity contribution in [2.75, 3.05) is 0 Å². The van der Waals surface area contributed by atoms with Crippen molar-refractivity contribution in [1.29, 1.82) is 5.26 Å². The smallest absolute Gasteiger partial charge is 0.313 e. The Hall–Kier alpha value is -1.89. The molecule has 0 fully saturated rings. The third kappa shape index (κ3) is 2.78. The minimum absolute atomic E-state index is 0.135. The first-order valence-electron chi connectivity index (χ1n) is 4.46. The average molecular weight is 207 g/mol. The van der Waals surface area contributed by atoms with Crippen LogP contribution in [0.2, 0.25) is 0 Å². The highest BCUT2D eigenvalue weighted by molar-refractivity contribution is 5.74. The van der Waals surface area contributed by atoms with E-state index in [0.29, 0.717) is 0 Å². The number of nitriles is 1. The molecule has 0 amide bonds. The van der Waals surface area contributed by atoms with Crippen molar-refractivity contribution in [2.24, 2.45) is 5.92 Å². The van der Waals surface area contributed by atoms with Crippen LogP contribution in [0.3, 0.4) is 0 Å². The molecule has 4 heteroatoms. The zero-order chi connectivity index (χ0) is 11.4. The van der Waals surface area contributed by atoms with Gasteiger partial charge in [-0.3, -0.25) is 4.79 Å². The lowest BCUT2D eigenvalue weighted by atomic mass is 10.2. The van der Waals surface area contributed by atoms with Crippen LogP contribution in [0.5, 0.6) is 5.75 Å². The third-order valence-electron chi connectivity index (χ3n) is 1.75. The first-order chi connectivity index (χ1) is 7.04. The van der Waals surface area contributed by atoms with Gasteiger partial charge in [-0.25, -0.2) is 4.39 Å². The van der Waals surface area contributed by atoms with Crippen molar-refractivity contribution in [3.05, 3.63) is 29.6 Å². The molecule has 1 aromatic carbocycles. The van der Waals surface area contributed by atoms with Crippen LogP contribution in [0, 0.1) is 23.1 Å². The van der Waals surface area contributed by atoms with Crippen molar-refractivity contribution >= 4 is 5.97 Å². The topological polar surface area (TPSA) is 50.1 Å². The zero-order valence-corrected chi connectivity index (χ0v) is 8.45. The van der Waals surface area contributed by atoms with Gasteiger partial charge in [0.15, 0.2) is 0 Å². The van der Waals surface area contributed by atoms with Gasteiger partial charge in [-0.15, -0.1) is 0 Å². The van der Waals surface area contributed by atoms with Gasteiger partial charge in [0.25, 0.3) is 0 Å². The van der Waals surface area contributed by atoms with Gasteiger partial charge in [0.05, 0.1) is 11.5 Å². The number of hydrogen-bond acceptors (Lipinski definition) is 3. The number of carbonyl (C=O) groups is 1. The molecule has 0 saturated carbocycles. The molecule has 0 aliphatic carbocycles. The SMILES string of the molecule is CC(C)C(=O)Oc1ccc(F)c(C#N)c1. The van der Waals surface area contributed by atoms with Gasteiger partial charge < -0.3 is 4.74 Å². The van der Waals surface area contributed by atoms with Gasteiger partial charge in [-0.1, -0.05) is 13.8 Å². The number of esters is 1. The number of ether oxygens (including phenoxy) is 1. The molecule has 1 rings (SSSR count). The Labute approximate surface area is 87.1 Å². The fourth-order valence-corrected chi connectivity index (χ4v) is 0.888. The van der Waals surface area contributed by atoms with Crippen LogP contribution < -0.4 is 4.74 Å². The van der Waals surface area contributed by atoms with Gasteiger partial charge in [0, 0.05) is 6.07 Å². The normalized spacial score (nSPS) is 9.80. The van der Waals surface area contributed by atoms with E-state index in [1.54, 1.807) is 19.9 Å². The summed E-state index contributed by atoms with van der Waals surface area (Å²) in [6.45, 7) is 3.38. The number of benzene rings is 1. The molecule has 0 aliphatic heterocycles. The lowest BCUT2D eigenvalue weighted by Crippen LogP contribution is -2.14. The molecule has 1 aromatic rings. The van der Waals surface area contributed by atoms with E-state index < -0.39 is 11.8 Å². The maximum absolute atomic E-state index is 12.9. The molecular weight excluding hydrogens is 197 g/mol. The summed E-state index contributed by atoms with van der Waals surface area (Å²) in [6, 6.07) is 5.29. The van der Waals surface area contributed by atoms with E-state index in [-0.39, 0.29) is 17.2 Å². The minimum atomic E-state index is -0.623. The second kappa shape index (κ2) is 4.56. The third-order valence-corrected chi connectivity index (χ3v) is 1.75. The van der Waals surface area contributed by atoms with Crippen molar-refractivity contribution < 1.29 is 13.9 Å². The molecule has 0 spiro atoms. The summed E-state index contributed by atoms with van der Waals surface area (Å²) >= 11 is 0. The highest BCUT2D eigenvalue weighted by atomic mass is 19.1. The standard InChI is InChI=1S/C11H10FNO2/c1-7(2)11(14)15-9-3-4-10(12)8(5-9)6-13/h3-5,7H,1-2H3. The maximum Gasteiger partial charge on any atom is 0.313 e. The number of nitrogens with zero attached hydrogens (tertiary/aromatic N) is 1. The highest BCUT2D eigenvalue weighted by Gasteiger charge is 2.11. The van der Waals surface area contributed by atoms with Crippen LogP contribution >= 0.6 is 0 Å². The van der Waals surface area contributed by atoms with Crippen molar-refractivity contribution in [2.45, 2.75) is 13.8 Å². The second-order valence-corrected chi connectivity index (χ2v) is 3.33. The van der Waals surface area contributed by atoms with Gasteiger partial charge >= 0.3 is 5.97 Å². The molecule has 15 heavy (non-hydrogen) atoms. The van der Waals surface area contributed by atoms with E-state index in [2.05, 4.69) is 0 Å². The predicted molar refractivity (Wildman–Crippen MR) is 51.6 cm³/mol. The van der Waals surface area contributed by atoms with Gasteiger partial charge in [-0.05, 0) is 12.1 Å². The monoisotopic (exact) mass is 207 g/mol. The summed E-state index contributed by atoms with van der Waals surface area (Å²) in [5, 5.41) is 8.56. The summed E-state index contributed by atoms with van der Waals surface area (Å²) in [6.07, 6.45) is 0. The first-order valence-corrected chi connectivity index (χ1v) is 4.46. The lowest BCUT2D eigenvalue weighted by Gasteiger charge is -2.06. The molecule has 0 radical (unpaired) electrons. The molecule has 0 aliphatic rings. The van der Waals surface area contributed by atoms with E-state index in [1.807, 2.05) is 0 Å². The Morgan fingerprint density at radius 2 is 2.20 bits per heavy atom. The Balaban J connectivity index is 2.89. The molecule has 3 nitrogen and oxygen atoms in total. The Bertz CT molecular complexity index is 421. The van der Waals surface area contributed by atoms with Crippen molar-refractivity contribution in [3.8, 4) is 11.8 Å². The fourth-order valence-electron chi connectivity index (χ4n) is 0.888. The average Bonchev–Trinajstić information content (AvgIpc) is 2.20. The first kappa shape index (κ1) is 11.2. The van der Waals surface area contributed by atoms with E-state index in [4.69, 9.17) is 10.00 Å². The molecule has 0 atom stereocenters. The Morgan fingerprint density at radius 3 is 2.73 bits per heavy atom. The molecular formula is C11H10FNO2. The summed E-state index contributed by atoms with van der Waals surface area (Å²) < 4.78 is 17.8. The molecule has 0 N–H and O–H groups in total. The number of rotatable bonds is 2. The van der Waals surface area contributed by atoms with Crippen LogP contribution in [-0.2, 0) is 4.79 Å². The molecule has 0 heterocycles. The van der Waals surface area contributed by atoms with E-state index in [9.17, 15) is 9.18 Å². The van der Waals surface area contributed by atoms with Gasteiger partial charge in [-0.2, -0.15) is 5.26 Å². The highest BCUT2D eigenvalue weighted by Crippen LogP contribution is 2.17. The molecule has 0 bridgehead atoms. The number of halogens is 1. The minimum Gasteiger partial charge on any atom is -0.426 e. The summed E-state index contributed by atoms with van der Waals surface area (Å²) in [5.74, 6) is -1.11. The number of carbonyl (C=O) groups excluding carboxylic acids is 1. The second-order valence-electron chi connectivity index (χ2n) is 3.33. The van der Waals surface area contributed by atoms with Gasteiger partial charge in [0.1, 0.15) is 17.6 Å². The maximum atomic E-state index is 12.9. The molecule has 78 valence electrons. The predicted octanol–water partition coefficient (Wildman–Crippen LogP) is 2.26. The van der Waals surface area contributed by atoms with Crippen LogP contribution in [-0.4, -0.2) is 5.97 Å². The summed E-state index contributed by atoms with van der Waals surface area (Å²) in [5.41, 5.74) is -0.135. The summed E-state index contributed by atoms with van der Waals surface area (Å²) in [4.78, 5) is 11.2. The lowest BCUT2D eigenvalue weighted by molar-refractivity contribution is -0.137. The largest absolute Gasteiger partial charge is 0.426 e. The van der Waals surface area contributed by atoms with Crippen molar-refractivity contribution in [1.82, 2.24) is 0 Å². The van der Waals surface area contributed by atoms with Crippen LogP contribution in [0.4, 0.5) is 4.39 Å². The number of hydrogen-bond donors (Lipinski definition) is 0. The van der Waals surface area contributed by atoms with E-state index in [1.165, 1.54) is 12.1 Å². The van der Waals surface area contributed by atoms with Crippen molar-refractivity contribution in [3.63, 3.8) is 0 Å². The Kier molecular flexibility index (Phi) is 3.40. The van der Waals surface area contributed by atoms with Gasteiger partial charge in [0.2, 0.25) is 0 Å². The van der Waals surface area contributed by atoms with E-state index >= 15 is 0 Å². The molecule has 0 aromatic heterocycles. The van der Waals surface area contributed by atoms with Crippen LogP contribution in [0.1, 0.15) is 19.4 Å². The molecule has 0 unspecified atom stereocenters. The van der Waals surface area contributed by atoms with Crippen LogP contribution in [0.25, 0.3) is 0 Å². The fraction of sp³-hybridized carbons (Fsp3) is 0.273. The van der Waals surface area contributed by atoms with Crippen LogP contribution in [0.15, 0.2) is 18.2 Å². The quantitative estimate of drug-likeness (QED) is 0.552. The summed E-state index contributed by atoms with van der Waals surface area (Å²) in [7, 11) is 0. The van der Waals surface area contributed by atoms with E-state index in [0.717, 1.165) is 6.07 Å². The Morgan fingerprint density at radius 1 is 1.53 bits per heavy atom. The molecule has 0 saturated heterocycles. The zero-order valence-electron chi connectivity index (χ0n) is 8.45.